The van der Waals surface area contributed by atoms with Crippen LogP contribution in [-0.4, -0.2) is 10.8 Å². The molecule has 3 N–H and O–H groups in total. The van der Waals surface area contributed by atoms with Gasteiger partial charge in [0, 0.05) is 33.2 Å². The zero-order valence-electron chi connectivity index (χ0n) is 10.3. The van der Waals surface area contributed by atoms with E-state index < -0.39 is 0 Å². The van der Waals surface area contributed by atoms with Crippen molar-refractivity contribution in [3.8, 4) is 0 Å². The van der Waals surface area contributed by atoms with Crippen LogP contribution in [0, 0.1) is 0 Å². The maximum Gasteiger partial charge on any atom is 0.196 e. The third-order valence-corrected chi connectivity index (χ3v) is 3.82. The highest BCUT2D eigenvalue weighted by molar-refractivity contribution is 6.38. The number of carbonyl (C=O) groups excluding carboxylic acids is 1. The highest BCUT2D eigenvalue weighted by Crippen LogP contribution is 2.29. The van der Waals surface area contributed by atoms with Gasteiger partial charge < -0.3 is 10.7 Å². The molecule has 0 radical (unpaired) electrons. The van der Waals surface area contributed by atoms with Crippen molar-refractivity contribution in [2.75, 3.05) is 5.73 Å². The van der Waals surface area contributed by atoms with Crippen LogP contribution in [0.4, 0.5) is 5.69 Å². The van der Waals surface area contributed by atoms with Gasteiger partial charge in [-0.05, 0) is 30.3 Å². The lowest BCUT2D eigenvalue weighted by Crippen LogP contribution is -2.03. The first kappa shape index (κ1) is 13.0. The van der Waals surface area contributed by atoms with Crippen LogP contribution in [0.2, 0.25) is 10.0 Å². The van der Waals surface area contributed by atoms with Gasteiger partial charge in [0.1, 0.15) is 0 Å². The van der Waals surface area contributed by atoms with E-state index in [2.05, 4.69) is 4.98 Å². The van der Waals surface area contributed by atoms with Crippen molar-refractivity contribution in [1.29, 1.82) is 0 Å². The van der Waals surface area contributed by atoms with Crippen molar-refractivity contribution in [1.82, 2.24) is 4.98 Å². The number of nitrogens with two attached hydrogens (primary N) is 1. The van der Waals surface area contributed by atoms with Crippen LogP contribution in [0.25, 0.3) is 10.9 Å². The summed E-state index contributed by atoms with van der Waals surface area (Å²) in [7, 11) is 0. The van der Waals surface area contributed by atoms with Gasteiger partial charge in [-0.3, -0.25) is 4.79 Å². The molecule has 0 amide bonds. The fourth-order valence-corrected chi connectivity index (χ4v) is 2.53. The molecule has 2 aromatic carbocycles. The predicted molar refractivity (Wildman–Crippen MR) is 82.6 cm³/mol. The van der Waals surface area contributed by atoms with Crippen LogP contribution in [0.15, 0.2) is 42.6 Å². The van der Waals surface area contributed by atoms with Gasteiger partial charge in [-0.15, -0.1) is 0 Å². The van der Waals surface area contributed by atoms with Crippen molar-refractivity contribution >= 4 is 45.6 Å². The first-order chi connectivity index (χ1) is 9.58. The van der Waals surface area contributed by atoms with Crippen LogP contribution >= 0.6 is 23.2 Å². The number of rotatable bonds is 2. The summed E-state index contributed by atoms with van der Waals surface area (Å²) < 4.78 is 0. The van der Waals surface area contributed by atoms with Crippen molar-refractivity contribution < 1.29 is 4.79 Å². The maximum absolute atomic E-state index is 12.6. The summed E-state index contributed by atoms with van der Waals surface area (Å²) in [5.41, 5.74) is 7.87. The lowest BCUT2D eigenvalue weighted by molar-refractivity contribution is 0.104. The van der Waals surface area contributed by atoms with E-state index >= 15 is 0 Å². The molecule has 0 spiro atoms. The molecule has 0 unspecified atom stereocenters. The Morgan fingerprint density at radius 1 is 1.10 bits per heavy atom. The average Bonchev–Trinajstić information content (AvgIpc) is 2.84. The summed E-state index contributed by atoms with van der Waals surface area (Å²) in [6.45, 7) is 0. The highest BCUT2D eigenvalue weighted by atomic mass is 35.5. The van der Waals surface area contributed by atoms with Crippen molar-refractivity contribution in [2.45, 2.75) is 0 Å². The molecule has 3 rings (SSSR count). The Bertz CT molecular complexity index is 824. The number of carbonyl (C=O) groups is 1. The highest BCUT2D eigenvalue weighted by Gasteiger charge is 2.18. The minimum absolute atomic E-state index is 0.184. The number of H-pyrrole nitrogens is 1. The smallest absolute Gasteiger partial charge is 0.196 e. The normalized spacial score (nSPS) is 10.9. The number of nitrogens with one attached hydrogen (secondary N) is 1. The molecule has 3 aromatic rings. The number of hydrogen-bond donors (Lipinski definition) is 2. The van der Waals surface area contributed by atoms with E-state index in [1.54, 1.807) is 36.5 Å². The lowest BCUT2D eigenvalue weighted by atomic mass is 10.0. The van der Waals surface area contributed by atoms with Gasteiger partial charge in [0.05, 0.1) is 10.7 Å². The minimum atomic E-state index is -0.184. The number of hydrogen-bond acceptors (Lipinski definition) is 2. The van der Waals surface area contributed by atoms with Gasteiger partial charge in [0.2, 0.25) is 0 Å². The molecule has 0 aliphatic heterocycles. The molecule has 1 heterocycles. The topological polar surface area (TPSA) is 58.9 Å². The molecule has 0 saturated heterocycles. The number of nitrogen functional groups attached to an aromatic ring is 1. The van der Waals surface area contributed by atoms with Gasteiger partial charge >= 0.3 is 0 Å². The van der Waals surface area contributed by atoms with Gasteiger partial charge in [-0.2, -0.15) is 0 Å². The predicted octanol–water partition coefficient (Wildman–Crippen LogP) is 4.29. The van der Waals surface area contributed by atoms with Crippen molar-refractivity contribution in [3.05, 3.63) is 63.8 Å². The Morgan fingerprint density at radius 3 is 2.70 bits per heavy atom. The Labute approximate surface area is 125 Å². The first-order valence-corrected chi connectivity index (χ1v) is 6.69. The van der Waals surface area contributed by atoms with E-state index in [9.17, 15) is 4.79 Å². The zero-order chi connectivity index (χ0) is 14.3. The second-order valence-electron chi connectivity index (χ2n) is 4.43. The number of anilines is 1. The van der Waals surface area contributed by atoms with E-state index in [0.717, 1.165) is 10.9 Å². The van der Waals surface area contributed by atoms with Gasteiger partial charge in [0.15, 0.2) is 5.78 Å². The van der Waals surface area contributed by atoms with E-state index in [4.69, 9.17) is 28.9 Å². The minimum Gasteiger partial charge on any atom is -0.398 e. The monoisotopic (exact) mass is 304 g/mol. The van der Waals surface area contributed by atoms with Gasteiger partial charge in [-0.25, -0.2) is 0 Å². The average molecular weight is 305 g/mol. The number of fused-ring (bicyclic) bond motifs is 1. The summed E-state index contributed by atoms with van der Waals surface area (Å²) in [5, 5.41) is 1.61. The fraction of sp³-hybridized carbons (Fsp3) is 0. The Morgan fingerprint density at radius 2 is 1.90 bits per heavy atom. The number of benzene rings is 2. The quantitative estimate of drug-likeness (QED) is 0.548. The van der Waals surface area contributed by atoms with E-state index in [1.807, 2.05) is 6.07 Å². The maximum atomic E-state index is 12.6. The second kappa shape index (κ2) is 4.85. The zero-order valence-corrected chi connectivity index (χ0v) is 11.8. The molecule has 20 heavy (non-hydrogen) atoms. The number of aromatic nitrogens is 1. The lowest BCUT2D eigenvalue weighted by Gasteiger charge is -2.05. The van der Waals surface area contributed by atoms with Crippen molar-refractivity contribution in [2.24, 2.45) is 0 Å². The summed E-state index contributed by atoms with van der Waals surface area (Å²) >= 11 is 12.1. The van der Waals surface area contributed by atoms with Crippen LogP contribution in [0.1, 0.15) is 15.9 Å². The molecule has 0 fully saturated rings. The first-order valence-electron chi connectivity index (χ1n) is 5.93. The molecular weight excluding hydrogens is 295 g/mol. The van der Waals surface area contributed by atoms with Crippen LogP contribution in [-0.2, 0) is 0 Å². The van der Waals surface area contributed by atoms with Crippen LogP contribution < -0.4 is 5.73 Å². The largest absolute Gasteiger partial charge is 0.398 e. The van der Waals surface area contributed by atoms with E-state index in [-0.39, 0.29) is 10.8 Å². The van der Waals surface area contributed by atoms with Gasteiger partial charge in [0.25, 0.3) is 0 Å². The van der Waals surface area contributed by atoms with Crippen LogP contribution in [0.3, 0.4) is 0 Å². The Balaban J connectivity index is 2.18. The Kier molecular flexibility index (Phi) is 3.16. The molecule has 100 valence electrons. The SMILES string of the molecule is Nc1cccc(C(=O)c2c[nH]c3ccc(Cl)cc23)c1Cl. The molecular formula is C15H10Cl2N2O. The third-order valence-electron chi connectivity index (χ3n) is 3.16. The van der Waals surface area contributed by atoms with Crippen molar-refractivity contribution in [3.63, 3.8) is 0 Å². The molecule has 3 nitrogen and oxygen atoms in total. The second-order valence-corrected chi connectivity index (χ2v) is 5.24. The standard InChI is InChI=1S/C15H10Cl2N2O/c16-8-4-5-13-10(6-8)11(7-19-13)15(20)9-2-1-3-12(18)14(9)17/h1-7,19H,18H2. The molecule has 0 aliphatic carbocycles. The third kappa shape index (κ3) is 2.05. The van der Waals surface area contributed by atoms with E-state index in [0.29, 0.717) is 21.8 Å². The number of ketones is 1. The summed E-state index contributed by atoms with van der Waals surface area (Å²) in [6, 6.07) is 10.4. The van der Waals surface area contributed by atoms with Crippen LogP contribution in [0.5, 0.6) is 0 Å². The number of halogens is 2. The molecule has 0 atom stereocenters. The van der Waals surface area contributed by atoms with E-state index in [1.165, 1.54) is 0 Å². The fourth-order valence-electron chi connectivity index (χ4n) is 2.15. The summed E-state index contributed by atoms with van der Waals surface area (Å²) in [6.07, 6.45) is 1.66. The summed E-state index contributed by atoms with van der Waals surface area (Å²) in [4.78, 5) is 15.6. The molecule has 0 bridgehead atoms. The molecule has 5 heteroatoms. The number of aromatic amines is 1. The molecule has 1 aromatic heterocycles. The van der Waals surface area contributed by atoms with Gasteiger partial charge in [-0.1, -0.05) is 29.3 Å². The Hall–Kier alpha value is -1.97. The summed E-state index contributed by atoms with van der Waals surface area (Å²) in [5.74, 6) is -0.184. The molecule has 0 saturated carbocycles. The molecule has 0 aliphatic rings.